The van der Waals surface area contributed by atoms with Gasteiger partial charge in [0.25, 0.3) is 0 Å². The van der Waals surface area contributed by atoms with E-state index in [9.17, 15) is 5.11 Å². The molecule has 1 N–H and O–H groups in total. The molecule has 0 fully saturated rings. The van der Waals surface area contributed by atoms with Crippen molar-refractivity contribution in [1.29, 1.82) is 0 Å². The molecule has 0 amide bonds. The molecule has 2 atom stereocenters. The van der Waals surface area contributed by atoms with Crippen molar-refractivity contribution in [2.24, 2.45) is 0 Å². The van der Waals surface area contributed by atoms with Crippen molar-refractivity contribution >= 4 is 11.0 Å². The van der Waals surface area contributed by atoms with Gasteiger partial charge in [0, 0.05) is 5.92 Å². The molecule has 0 radical (unpaired) electrons. The summed E-state index contributed by atoms with van der Waals surface area (Å²) < 4.78 is 0. The first-order valence-electron chi connectivity index (χ1n) is 12.7. The van der Waals surface area contributed by atoms with E-state index < -0.39 is 6.10 Å². The van der Waals surface area contributed by atoms with Crippen LogP contribution in [0.2, 0.25) is 0 Å². The minimum Gasteiger partial charge on any atom is -0.392 e. The molecule has 0 bridgehead atoms. The summed E-state index contributed by atoms with van der Waals surface area (Å²) in [5.74, 6) is -0.0500. The lowest BCUT2D eigenvalue weighted by Gasteiger charge is -2.39. The Bertz CT molecular complexity index is 1150. The summed E-state index contributed by atoms with van der Waals surface area (Å²) in [4.78, 5) is 1.71. The van der Waals surface area contributed by atoms with Crippen LogP contribution < -0.4 is 0 Å². The number of aliphatic hydroxyl groups is 1. The number of fused-ring (bicyclic) bond motifs is 1. The summed E-state index contributed by atoms with van der Waals surface area (Å²) in [6.07, 6.45) is 6.33. The van der Waals surface area contributed by atoms with Crippen molar-refractivity contribution in [1.82, 2.24) is 15.0 Å². The van der Waals surface area contributed by atoms with Crippen LogP contribution in [-0.2, 0) is 5.41 Å². The highest BCUT2D eigenvalue weighted by atomic mass is 16.3. The Morgan fingerprint density at radius 3 is 2.12 bits per heavy atom. The fourth-order valence-corrected chi connectivity index (χ4v) is 5.11. The number of hydrogen-bond donors (Lipinski definition) is 1. The quantitative estimate of drug-likeness (QED) is 0.243. The van der Waals surface area contributed by atoms with E-state index in [2.05, 4.69) is 73.4 Å². The maximum absolute atomic E-state index is 11.6. The minimum absolute atomic E-state index is 0.0500. The molecule has 0 saturated carbocycles. The Morgan fingerprint density at radius 1 is 0.794 bits per heavy atom. The smallest absolute Gasteiger partial charge is 0.113 e. The number of rotatable bonds is 11. The first kappa shape index (κ1) is 24.2. The molecule has 4 rings (SSSR count). The zero-order valence-electron chi connectivity index (χ0n) is 20.7. The highest BCUT2D eigenvalue weighted by Crippen LogP contribution is 2.42. The molecular formula is C30H37N3O. The van der Waals surface area contributed by atoms with Crippen LogP contribution in [0.5, 0.6) is 0 Å². The Kier molecular flexibility index (Phi) is 7.79. The van der Waals surface area contributed by atoms with Gasteiger partial charge in [-0.3, -0.25) is 0 Å². The molecule has 34 heavy (non-hydrogen) atoms. The van der Waals surface area contributed by atoms with E-state index in [1.165, 1.54) is 31.2 Å². The average molecular weight is 456 g/mol. The van der Waals surface area contributed by atoms with Gasteiger partial charge in [0.05, 0.1) is 11.8 Å². The van der Waals surface area contributed by atoms with Crippen LogP contribution in [0.1, 0.15) is 76.3 Å². The second-order valence-electron chi connectivity index (χ2n) is 9.91. The fraction of sp³-hybridized carbons (Fsp3) is 0.400. The second kappa shape index (κ2) is 11.0. The molecule has 1 aromatic heterocycles. The highest BCUT2D eigenvalue weighted by molar-refractivity contribution is 5.73. The van der Waals surface area contributed by atoms with E-state index >= 15 is 0 Å². The van der Waals surface area contributed by atoms with Gasteiger partial charge in [0.2, 0.25) is 0 Å². The Morgan fingerprint density at radius 2 is 1.44 bits per heavy atom. The minimum atomic E-state index is -0.434. The molecule has 3 aromatic carbocycles. The monoisotopic (exact) mass is 455 g/mol. The van der Waals surface area contributed by atoms with Crippen molar-refractivity contribution in [3.05, 3.63) is 90.0 Å². The topological polar surface area (TPSA) is 50.9 Å². The molecule has 0 aliphatic heterocycles. The molecular weight excluding hydrogens is 418 g/mol. The lowest BCUT2D eigenvalue weighted by molar-refractivity contribution is 0.0987. The summed E-state index contributed by atoms with van der Waals surface area (Å²) in [6, 6.07) is 26.9. The summed E-state index contributed by atoms with van der Waals surface area (Å²) in [6.45, 7) is 6.73. The number of benzene rings is 3. The number of aromatic nitrogens is 3. The van der Waals surface area contributed by atoms with Gasteiger partial charge in [-0.1, -0.05) is 107 Å². The van der Waals surface area contributed by atoms with Crippen molar-refractivity contribution in [2.45, 2.75) is 76.7 Å². The lowest BCUT2D eigenvalue weighted by atomic mass is 9.67. The normalized spacial score (nSPS) is 13.8. The van der Waals surface area contributed by atoms with E-state index in [1.807, 2.05) is 36.4 Å². The van der Waals surface area contributed by atoms with Gasteiger partial charge < -0.3 is 5.11 Å². The molecule has 4 heteroatoms. The van der Waals surface area contributed by atoms with Gasteiger partial charge in [-0.05, 0) is 47.2 Å². The molecule has 4 nitrogen and oxygen atoms in total. The fourth-order valence-electron chi connectivity index (χ4n) is 5.11. The maximum Gasteiger partial charge on any atom is 0.113 e. The van der Waals surface area contributed by atoms with Crippen LogP contribution in [-0.4, -0.2) is 26.2 Å². The standard InChI is InChI=1S/C30H37N3O/c1-4-5-6-7-11-21-28(34)29(30(2,3)24-16-9-8-10-17-24)23-15-14-18-25(22-23)33-31-26-19-12-13-20-27(26)32-33/h8-10,12-20,22,28-29,34H,4-7,11,21H2,1-3H3. The largest absolute Gasteiger partial charge is 0.392 e. The predicted octanol–water partition coefficient (Wildman–Crippen LogP) is 7.20. The van der Waals surface area contributed by atoms with Gasteiger partial charge in [0.1, 0.15) is 11.0 Å². The SMILES string of the molecule is CCCCCCCC(O)C(c1cccc(-n2nc3ccccc3n2)c1)C(C)(C)c1ccccc1. The van der Waals surface area contributed by atoms with Crippen LogP contribution in [0.4, 0.5) is 0 Å². The maximum atomic E-state index is 11.6. The molecule has 1 heterocycles. The van der Waals surface area contributed by atoms with Crippen molar-refractivity contribution in [2.75, 3.05) is 0 Å². The third-order valence-corrected chi connectivity index (χ3v) is 7.03. The summed E-state index contributed by atoms with van der Waals surface area (Å²) in [5, 5.41) is 20.9. The molecule has 178 valence electrons. The predicted molar refractivity (Wildman–Crippen MR) is 140 cm³/mol. The van der Waals surface area contributed by atoms with Crippen molar-refractivity contribution in [3.63, 3.8) is 0 Å². The van der Waals surface area contributed by atoms with E-state index in [0.29, 0.717) is 0 Å². The van der Waals surface area contributed by atoms with Crippen LogP contribution in [0.25, 0.3) is 16.7 Å². The van der Waals surface area contributed by atoms with Crippen LogP contribution >= 0.6 is 0 Å². The Balaban J connectivity index is 1.67. The number of unbranched alkanes of at least 4 members (excludes halogenated alkanes) is 4. The average Bonchev–Trinajstić information content (AvgIpc) is 3.29. The van der Waals surface area contributed by atoms with Crippen LogP contribution in [0.3, 0.4) is 0 Å². The Labute approximate surface area is 203 Å². The number of nitrogens with zero attached hydrogens (tertiary/aromatic N) is 3. The molecule has 0 spiro atoms. The zero-order chi connectivity index (χ0) is 24.0. The highest BCUT2D eigenvalue weighted by Gasteiger charge is 2.37. The van der Waals surface area contributed by atoms with Gasteiger partial charge >= 0.3 is 0 Å². The molecule has 4 aromatic rings. The third-order valence-electron chi connectivity index (χ3n) is 7.03. The number of aliphatic hydroxyl groups excluding tert-OH is 1. The van der Waals surface area contributed by atoms with Gasteiger partial charge in [-0.15, -0.1) is 10.2 Å². The summed E-state index contributed by atoms with van der Waals surface area (Å²) >= 11 is 0. The lowest BCUT2D eigenvalue weighted by Crippen LogP contribution is -2.35. The van der Waals surface area contributed by atoms with Crippen LogP contribution in [0.15, 0.2) is 78.9 Å². The zero-order valence-corrected chi connectivity index (χ0v) is 20.7. The third kappa shape index (κ3) is 5.39. The Hall–Kier alpha value is -2.98. The molecule has 0 saturated heterocycles. The first-order chi connectivity index (χ1) is 16.5. The number of hydrogen-bond acceptors (Lipinski definition) is 3. The van der Waals surface area contributed by atoms with Crippen LogP contribution in [0, 0.1) is 0 Å². The van der Waals surface area contributed by atoms with Gasteiger partial charge in [-0.25, -0.2) is 0 Å². The van der Waals surface area contributed by atoms with Crippen molar-refractivity contribution in [3.8, 4) is 5.69 Å². The first-order valence-corrected chi connectivity index (χ1v) is 12.7. The molecule has 2 unspecified atom stereocenters. The van der Waals surface area contributed by atoms with E-state index in [1.54, 1.807) is 4.80 Å². The van der Waals surface area contributed by atoms with Gasteiger partial charge in [0.15, 0.2) is 0 Å². The summed E-state index contributed by atoms with van der Waals surface area (Å²) in [7, 11) is 0. The molecule has 0 aliphatic rings. The molecule has 0 aliphatic carbocycles. The summed E-state index contributed by atoms with van der Waals surface area (Å²) in [5.41, 5.74) is 4.78. The second-order valence-corrected chi connectivity index (χ2v) is 9.91. The van der Waals surface area contributed by atoms with E-state index in [0.717, 1.165) is 35.1 Å². The van der Waals surface area contributed by atoms with E-state index in [-0.39, 0.29) is 11.3 Å². The van der Waals surface area contributed by atoms with E-state index in [4.69, 9.17) is 0 Å². The van der Waals surface area contributed by atoms with Gasteiger partial charge in [-0.2, -0.15) is 4.80 Å². The van der Waals surface area contributed by atoms with Crippen molar-refractivity contribution < 1.29 is 5.11 Å².